The van der Waals surface area contributed by atoms with Gasteiger partial charge < -0.3 is 14.2 Å². The summed E-state index contributed by atoms with van der Waals surface area (Å²) in [6.07, 6.45) is 2.97. The number of carbonyl (C=O) groups is 1. The van der Waals surface area contributed by atoms with Crippen molar-refractivity contribution in [2.45, 2.75) is 31.9 Å². The van der Waals surface area contributed by atoms with Crippen LogP contribution in [0, 0.1) is 0 Å². The Morgan fingerprint density at radius 2 is 2.04 bits per heavy atom. The van der Waals surface area contributed by atoms with Crippen molar-refractivity contribution in [3.63, 3.8) is 0 Å². The smallest absolute Gasteiger partial charge is 0.410 e. The average Bonchev–Trinajstić information content (AvgIpc) is 2.54. The van der Waals surface area contributed by atoms with Gasteiger partial charge in [0.05, 0.1) is 25.5 Å². The molecule has 0 aliphatic carbocycles. The van der Waals surface area contributed by atoms with Gasteiger partial charge in [0.1, 0.15) is 6.61 Å². The lowest BCUT2D eigenvalue weighted by molar-refractivity contribution is 0.000947. The molecule has 0 radical (unpaired) electrons. The number of carbonyl (C=O) groups excluding carboxylic acids is 1. The van der Waals surface area contributed by atoms with E-state index in [1.165, 1.54) is 5.57 Å². The molecule has 5 heteroatoms. The van der Waals surface area contributed by atoms with Crippen LogP contribution in [0.3, 0.4) is 0 Å². The molecule has 126 valence electrons. The molecule has 2 rings (SSSR count). The molecule has 1 aliphatic heterocycles. The van der Waals surface area contributed by atoms with Gasteiger partial charge in [-0.05, 0) is 30.9 Å². The Bertz CT molecular complexity index is 543. The topological polar surface area (TPSA) is 48.0 Å². The van der Waals surface area contributed by atoms with Crippen LogP contribution in [0.5, 0.6) is 0 Å². The Hall–Kier alpha value is -2.01. The Morgan fingerprint density at radius 3 is 2.70 bits per heavy atom. The summed E-state index contributed by atoms with van der Waals surface area (Å²) in [5.41, 5.74) is 1.73. The molecule has 1 unspecified atom stereocenters. The lowest BCUT2D eigenvalue weighted by atomic mass is 9.86. The molecule has 1 aromatic rings. The highest BCUT2D eigenvalue weighted by molar-refractivity contribution is 5.69. The second-order valence-corrected chi connectivity index (χ2v) is 6.06. The molecule has 1 aromatic carbocycles. The zero-order valence-corrected chi connectivity index (χ0v) is 14.1. The van der Waals surface area contributed by atoms with Gasteiger partial charge in [-0.15, -0.1) is 0 Å². The molecule has 1 aliphatic rings. The van der Waals surface area contributed by atoms with Gasteiger partial charge in [0, 0.05) is 13.7 Å². The zero-order valence-electron chi connectivity index (χ0n) is 14.1. The molecule has 1 fully saturated rings. The van der Waals surface area contributed by atoms with E-state index in [0.717, 1.165) is 18.4 Å². The van der Waals surface area contributed by atoms with Crippen LogP contribution in [0.15, 0.2) is 42.2 Å². The number of hydrogen-bond acceptors (Lipinski definition) is 4. The second-order valence-electron chi connectivity index (χ2n) is 6.06. The van der Waals surface area contributed by atoms with Crippen molar-refractivity contribution in [2.75, 3.05) is 27.4 Å². The van der Waals surface area contributed by atoms with Crippen molar-refractivity contribution >= 4 is 6.09 Å². The third-order valence-corrected chi connectivity index (χ3v) is 4.08. The van der Waals surface area contributed by atoms with Crippen LogP contribution in [0.1, 0.15) is 25.3 Å². The highest BCUT2D eigenvalue weighted by Gasteiger charge is 2.40. The van der Waals surface area contributed by atoms with E-state index in [4.69, 9.17) is 14.2 Å². The van der Waals surface area contributed by atoms with Crippen LogP contribution in [0.2, 0.25) is 0 Å². The van der Waals surface area contributed by atoms with Crippen molar-refractivity contribution < 1.29 is 19.0 Å². The van der Waals surface area contributed by atoms with E-state index in [1.807, 2.05) is 37.3 Å². The van der Waals surface area contributed by atoms with E-state index < -0.39 is 5.54 Å². The molecule has 5 nitrogen and oxygen atoms in total. The Balaban J connectivity index is 2.03. The van der Waals surface area contributed by atoms with Gasteiger partial charge in [0.25, 0.3) is 0 Å². The van der Waals surface area contributed by atoms with Gasteiger partial charge >= 0.3 is 6.09 Å². The van der Waals surface area contributed by atoms with Gasteiger partial charge in [-0.25, -0.2) is 4.79 Å². The quantitative estimate of drug-likeness (QED) is 0.781. The SMILES string of the molecule is CO/C=C1/CCN(C(=O)OCc2ccccc2)C(C)(COC)C1. The number of methoxy groups -OCH3 is 2. The molecule has 0 aromatic heterocycles. The predicted molar refractivity (Wildman–Crippen MR) is 87.9 cm³/mol. The zero-order chi connectivity index (χ0) is 16.7. The van der Waals surface area contributed by atoms with Crippen LogP contribution in [-0.2, 0) is 20.8 Å². The fourth-order valence-electron chi connectivity index (χ4n) is 3.01. The summed E-state index contributed by atoms with van der Waals surface area (Å²) in [4.78, 5) is 14.3. The summed E-state index contributed by atoms with van der Waals surface area (Å²) in [6, 6.07) is 9.69. The monoisotopic (exact) mass is 319 g/mol. The van der Waals surface area contributed by atoms with E-state index in [9.17, 15) is 4.79 Å². The molecule has 0 bridgehead atoms. The summed E-state index contributed by atoms with van der Waals surface area (Å²) >= 11 is 0. The van der Waals surface area contributed by atoms with E-state index >= 15 is 0 Å². The molecular weight excluding hydrogens is 294 g/mol. The maximum Gasteiger partial charge on any atom is 0.410 e. The number of rotatable bonds is 5. The number of piperidine rings is 1. The first-order chi connectivity index (χ1) is 11.1. The maximum atomic E-state index is 12.5. The standard InChI is InChI=1S/C18H25NO4/c1-18(14-22-3)11-16(12-21-2)9-10-19(18)17(20)23-13-15-7-5-4-6-8-15/h4-8,12H,9-11,13-14H2,1-3H3/b16-12-. The summed E-state index contributed by atoms with van der Waals surface area (Å²) in [5.74, 6) is 0. The van der Waals surface area contributed by atoms with Crippen molar-refractivity contribution in [3.05, 3.63) is 47.7 Å². The van der Waals surface area contributed by atoms with E-state index in [0.29, 0.717) is 13.2 Å². The Kier molecular flexibility index (Phi) is 6.04. The summed E-state index contributed by atoms with van der Waals surface area (Å²) in [5, 5.41) is 0. The van der Waals surface area contributed by atoms with Crippen molar-refractivity contribution in [3.8, 4) is 0 Å². The van der Waals surface area contributed by atoms with Crippen molar-refractivity contribution in [2.24, 2.45) is 0 Å². The Labute approximate surface area is 137 Å². The van der Waals surface area contributed by atoms with E-state index in [1.54, 1.807) is 25.4 Å². The van der Waals surface area contributed by atoms with Gasteiger partial charge in [-0.1, -0.05) is 30.3 Å². The van der Waals surface area contributed by atoms with Gasteiger partial charge in [-0.2, -0.15) is 0 Å². The maximum absolute atomic E-state index is 12.5. The van der Waals surface area contributed by atoms with Gasteiger partial charge in [0.15, 0.2) is 0 Å². The third-order valence-electron chi connectivity index (χ3n) is 4.08. The Morgan fingerprint density at radius 1 is 1.30 bits per heavy atom. The van der Waals surface area contributed by atoms with Crippen molar-refractivity contribution in [1.82, 2.24) is 4.90 Å². The predicted octanol–water partition coefficient (Wildman–Crippen LogP) is 3.35. The first-order valence-electron chi connectivity index (χ1n) is 7.77. The van der Waals surface area contributed by atoms with Crippen LogP contribution in [0.25, 0.3) is 0 Å². The minimum absolute atomic E-state index is 0.278. The van der Waals surface area contributed by atoms with E-state index in [-0.39, 0.29) is 12.7 Å². The molecular formula is C18H25NO4. The first-order valence-corrected chi connectivity index (χ1v) is 7.77. The molecule has 1 amide bonds. The largest absolute Gasteiger partial charge is 0.504 e. The summed E-state index contributed by atoms with van der Waals surface area (Å²) < 4.78 is 15.9. The number of benzene rings is 1. The summed E-state index contributed by atoms with van der Waals surface area (Å²) in [6.45, 7) is 3.35. The van der Waals surface area contributed by atoms with Crippen LogP contribution >= 0.6 is 0 Å². The molecule has 1 heterocycles. The lowest BCUT2D eigenvalue weighted by Gasteiger charge is -2.44. The lowest BCUT2D eigenvalue weighted by Crippen LogP contribution is -2.55. The molecule has 1 atom stereocenters. The minimum Gasteiger partial charge on any atom is -0.504 e. The molecule has 0 N–H and O–H groups in total. The van der Waals surface area contributed by atoms with Crippen LogP contribution in [-0.4, -0.2) is 43.9 Å². The van der Waals surface area contributed by atoms with E-state index in [2.05, 4.69) is 0 Å². The average molecular weight is 319 g/mol. The molecule has 23 heavy (non-hydrogen) atoms. The number of likely N-dealkylation sites (tertiary alicyclic amines) is 1. The number of ether oxygens (including phenoxy) is 3. The first kappa shape index (κ1) is 17.3. The van der Waals surface area contributed by atoms with Gasteiger partial charge in [-0.3, -0.25) is 4.90 Å². The molecule has 0 saturated carbocycles. The number of hydrogen-bond donors (Lipinski definition) is 0. The highest BCUT2D eigenvalue weighted by Crippen LogP contribution is 2.32. The fourth-order valence-corrected chi connectivity index (χ4v) is 3.01. The van der Waals surface area contributed by atoms with Gasteiger partial charge in [0.2, 0.25) is 0 Å². The van der Waals surface area contributed by atoms with Crippen LogP contribution < -0.4 is 0 Å². The number of amides is 1. The second kappa shape index (κ2) is 8.02. The molecule has 0 spiro atoms. The summed E-state index contributed by atoms with van der Waals surface area (Å²) in [7, 11) is 3.29. The number of nitrogens with zero attached hydrogens (tertiary/aromatic N) is 1. The fraction of sp³-hybridized carbons (Fsp3) is 0.500. The normalized spacial score (nSPS) is 22.9. The van der Waals surface area contributed by atoms with Crippen molar-refractivity contribution in [1.29, 1.82) is 0 Å². The van der Waals surface area contributed by atoms with Crippen LogP contribution in [0.4, 0.5) is 4.79 Å². The minimum atomic E-state index is -0.425. The highest BCUT2D eigenvalue weighted by atomic mass is 16.6. The third kappa shape index (κ3) is 4.48. The molecule has 1 saturated heterocycles.